The van der Waals surface area contributed by atoms with Gasteiger partial charge in [-0.3, -0.25) is 4.79 Å². The second kappa shape index (κ2) is 8.51. The Morgan fingerprint density at radius 3 is 2.18 bits per heavy atom. The summed E-state index contributed by atoms with van der Waals surface area (Å²) in [5, 5.41) is 21.8. The van der Waals surface area contributed by atoms with Gasteiger partial charge >= 0.3 is 12.1 Å². The lowest BCUT2D eigenvalue weighted by Gasteiger charge is -2.37. The van der Waals surface area contributed by atoms with E-state index in [-0.39, 0.29) is 43.4 Å². The van der Waals surface area contributed by atoms with Gasteiger partial charge in [-0.15, -0.1) is 0 Å². The Morgan fingerprint density at radius 2 is 1.58 bits per heavy atom. The SMILES string of the molecule is O=C(NC1CC(C(=O)N2CC(O)CC2C(=O)O)C1)OCC1c2ccccc2-c2ccccc21. The van der Waals surface area contributed by atoms with Crippen LogP contribution in [0.4, 0.5) is 4.79 Å². The molecule has 1 heterocycles. The lowest BCUT2D eigenvalue weighted by Crippen LogP contribution is -2.52. The van der Waals surface area contributed by atoms with Gasteiger partial charge in [0.2, 0.25) is 5.91 Å². The molecule has 2 aromatic carbocycles. The van der Waals surface area contributed by atoms with E-state index in [1.807, 2.05) is 24.3 Å². The maximum absolute atomic E-state index is 12.7. The zero-order chi connectivity index (χ0) is 23.1. The smallest absolute Gasteiger partial charge is 0.407 e. The Balaban J connectivity index is 1.13. The molecular weight excluding hydrogens is 424 g/mol. The van der Waals surface area contributed by atoms with E-state index in [1.54, 1.807) is 0 Å². The van der Waals surface area contributed by atoms with Gasteiger partial charge in [0.05, 0.1) is 6.10 Å². The van der Waals surface area contributed by atoms with E-state index in [0.29, 0.717) is 12.8 Å². The second-order valence-electron chi connectivity index (χ2n) is 9.07. The van der Waals surface area contributed by atoms with Gasteiger partial charge in [0, 0.05) is 30.8 Å². The molecule has 2 atom stereocenters. The average molecular weight is 450 g/mol. The van der Waals surface area contributed by atoms with Crippen LogP contribution in [0, 0.1) is 5.92 Å². The summed E-state index contributed by atoms with van der Waals surface area (Å²) in [5.74, 6) is -1.75. The monoisotopic (exact) mass is 450 g/mol. The average Bonchev–Trinajstić information content (AvgIpc) is 3.32. The Bertz CT molecular complexity index is 1050. The van der Waals surface area contributed by atoms with Crippen LogP contribution in [-0.4, -0.2) is 64.4 Å². The molecule has 0 spiro atoms. The number of carboxylic acids is 1. The molecule has 0 bridgehead atoms. The van der Waals surface area contributed by atoms with E-state index in [4.69, 9.17) is 4.74 Å². The number of aliphatic carboxylic acids is 1. The van der Waals surface area contributed by atoms with Gasteiger partial charge in [0.1, 0.15) is 12.6 Å². The van der Waals surface area contributed by atoms with E-state index >= 15 is 0 Å². The number of ether oxygens (including phenoxy) is 1. The molecule has 2 unspecified atom stereocenters. The van der Waals surface area contributed by atoms with Crippen molar-refractivity contribution in [2.75, 3.05) is 13.2 Å². The number of benzene rings is 2. The van der Waals surface area contributed by atoms with Crippen LogP contribution in [0.2, 0.25) is 0 Å². The first kappa shape index (κ1) is 21.5. The zero-order valence-corrected chi connectivity index (χ0v) is 18.0. The summed E-state index contributed by atoms with van der Waals surface area (Å²) in [6.07, 6.45) is -0.420. The van der Waals surface area contributed by atoms with Gasteiger partial charge in [0.25, 0.3) is 0 Å². The van der Waals surface area contributed by atoms with E-state index < -0.39 is 24.2 Å². The second-order valence-corrected chi connectivity index (χ2v) is 9.07. The topological polar surface area (TPSA) is 116 Å². The number of rotatable bonds is 5. The third kappa shape index (κ3) is 3.95. The fourth-order valence-corrected chi connectivity index (χ4v) is 5.27. The molecule has 1 saturated heterocycles. The number of likely N-dealkylation sites (tertiary alicyclic amines) is 1. The molecule has 3 aliphatic rings. The Labute approximate surface area is 191 Å². The van der Waals surface area contributed by atoms with Gasteiger partial charge in [-0.05, 0) is 35.1 Å². The van der Waals surface area contributed by atoms with Gasteiger partial charge in [-0.1, -0.05) is 48.5 Å². The normalized spacial score (nSPS) is 25.7. The van der Waals surface area contributed by atoms with Crippen molar-refractivity contribution in [2.45, 2.75) is 43.4 Å². The van der Waals surface area contributed by atoms with Crippen molar-refractivity contribution in [3.8, 4) is 11.1 Å². The molecule has 8 nitrogen and oxygen atoms in total. The minimum atomic E-state index is -1.10. The lowest BCUT2D eigenvalue weighted by molar-refractivity contribution is -0.151. The van der Waals surface area contributed by atoms with E-state index in [0.717, 1.165) is 22.3 Å². The number of carbonyl (C=O) groups is 3. The van der Waals surface area contributed by atoms with Crippen LogP contribution in [-0.2, 0) is 14.3 Å². The largest absolute Gasteiger partial charge is 0.480 e. The highest BCUT2D eigenvalue weighted by Crippen LogP contribution is 2.44. The van der Waals surface area contributed by atoms with Crippen LogP contribution in [0.1, 0.15) is 36.3 Å². The quantitative estimate of drug-likeness (QED) is 0.644. The number of carboxylic acid groups (broad SMARTS) is 1. The molecule has 2 amide bonds. The number of amides is 2. The molecule has 0 aromatic heterocycles. The number of nitrogens with zero attached hydrogens (tertiary/aromatic N) is 1. The van der Waals surface area contributed by atoms with Crippen molar-refractivity contribution in [3.05, 3.63) is 59.7 Å². The van der Waals surface area contributed by atoms with Gasteiger partial charge in [-0.25, -0.2) is 9.59 Å². The predicted molar refractivity (Wildman–Crippen MR) is 118 cm³/mol. The first-order valence-electron chi connectivity index (χ1n) is 11.2. The van der Waals surface area contributed by atoms with Crippen LogP contribution in [0.5, 0.6) is 0 Å². The summed E-state index contributed by atoms with van der Waals surface area (Å²) in [6, 6.07) is 15.1. The van der Waals surface area contributed by atoms with Crippen molar-refractivity contribution < 1.29 is 29.3 Å². The molecule has 1 aliphatic heterocycles. The number of alkyl carbamates (subject to hydrolysis) is 1. The Morgan fingerprint density at radius 1 is 0.970 bits per heavy atom. The number of hydrogen-bond acceptors (Lipinski definition) is 5. The molecular formula is C25H26N2O6. The van der Waals surface area contributed by atoms with E-state index in [2.05, 4.69) is 29.6 Å². The van der Waals surface area contributed by atoms with Crippen LogP contribution >= 0.6 is 0 Å². The van der Waals surface area contributed by atoms with E-state index in [9.17, 15) is 24.6 Å². The van der Waals surface area contributed by atoms with Gasteiger partial charge < -0.3 is 25.2 Å². The molecule has 2 aromatic rings. The molecule has 0 radical (unpaired) electrons. The number of hydrogen-bond donors (Lipinski definition) is 3. The summed E-state index contributed by atoms with van der Waals surface area (Å²) in [6.45, 7) is 0.262. The van der Waals surface area contributed by atoms with Crippen molar-refractivity contribution >= 4 is 18.0 Å². The zero-order valence-electron chi connectivity index (χ0n) is 18.0. The number of β-amino-alcohol motifs (C(OH)–C–C–N with tert-alkyl or cyclic N) is 1. The van der Waals surface area contributed by atoms with Gasteiger partial charge in [0.15, 0.2) is 0 Å². The third-order valence-corrected chi connectivity index (χ3v) is 7.00. The molecule has 172 valence electrons. The van der Waals surface area contributed by atoms with Crippen molar-refractivity contribution in [1.82, 2.24) is 10.2 Å². The lowest BCUT2D eigenvalue weighted by atomic mass is 9.79. The number of aliphatic hydroxyl groups is 1. The first-order chi connectivity index (χ1) is 15.9. The van der Waals surface area contributed by atoms with Crippen molar-refractivity contribution in [1.29, 1.82) is 0 Å². The maximum atomic E-state index is 12.7. The summed E-state index contributed by atoms with van der Waals surface area (Å²) in [7, 11) is 0. The minimum Gasteiger partial charge on any atom is -0.480 e. The van der Waals surface area contributed by atoms with Crippen molar-refractivity contribution in [3.63, 3.8) is 0 Å². The molecule has 8 heteroatoms. The Hall–Kier alpha value is -3.39. The standard InChI is InChI=1S/C25H26N2O6/c28-16-11-22(24(30)31)27(12-16)23(29)14-9-15(10-14)26-25(32)33-13-21-19-7-3-1-5-17(19)18-6-2-4-8-20(18)21/h1-8,14-16,21-22,28H,9-13H2,(H,26,32)(H,30,31). The highest BCUT2D eigenvalue weighted by molar-refractivity contribution is 5.86. The maximum Gasteiger partial charge on any atom is 0.407 e. The number of fused-ring (bicyclic) bond motifs is 3. The predicted octanol–water partition coefficient (Wildman–Crippen LogP) is 2.35. The van der Waals surface area contributed by atoms with E-state index in [1.165, 1.54) is 4.90 Å². The molecule has 5 rings (SSSR count). The molecule has 2 fully saturated rings. The number of nitrogens with one attached hydrogen (secondary N) is 1. The summed E-state index contributed by atoms with van der Waals surface area (Å²) in [5.41, 5.74) is 4.60. The van der Waals surface area contributed by atoms with Gasteiger partial charge in [-0.2, -0.15) is 0 Å². The van der Waals surface area contributed by atoms with Crippen LogP contribution in [0.25, 0.3) is 11.1 Å². The minimum absolute atomic E-state index is 0.0200. The molecule has 3 N–H and O–H groups in total. The number of aliphatic hydroxyl groups excluding tert-OH is 1. The summed E-state index contributed by atoms with van der Waals surface area (Å²) < 4.78 is 5.55. The summed E-state index contributed by atoms with van der Waals surface area (Å²) in [4.78, 5) is 37.7. The molecule has 33 heavy (non-hydrogen) atoms. The summed E-state index contributed by atoms with van der Waals surface area (Å²) >= 11 is 0. The Kier molecular flexibility index (Phi) is 5.54. The third-order valence-electron chi connectivity index (χ3n) is 7.00. The fourth-order valence-electron chi connectivity index (χ4n) is 5.27. The number of carbonyl (C=O) groups excluding carboxylic acids is 2. The van der Waals surface area contributed by atoms with Crippen molar-refractivity contribution in [2.24, 2.45) is 5.92 Å². The fraction of sp³-hybridized carbons (Fsp3) is 0.400. The van der Waals surface area contributed by atoms with Crippen LogP contribution in [0.3, 0.4) is 0 Å². The molecule has 1 saturated carbocycles. The highest BCUT2D eigenvalue weighted by Gasteiger charge is 2.45. The first-order valence-corrected chi connectivity index (χ1v) is 11.2. The van der Waals surface area contributed by atoms with Crippen LogP contribution in [0.15, 0.2) is 48.5 Å². The van der Waals surface area contributed by atoms with Crippen LogP contribution < -0.4 is 5.32 Å². The molecule has 2 aliphatic carbocycles. The highest BCUT2D eigenvalue weighted by atomic mass is 16.5.